The first kappa shape index (κ1) is 16.7. The van der Waals surface area contributed by atoms with Crippen molar-refractivity contribution in [1.29, 1.82) is 0 Å². The maximum atomic E-state index is 12.1. The van der Waals surface area contributed by atoms with Crippen LogP contribution < -0.4 is 0 Å². The number of esters is 2. The van der Waals surface area contributed by atoms with Gasteiger partial charge in [-0.15, -0.1) is 6.58 Å². The first-order valence-electron chi connectivity index (χ1n) is 6.49. The largest absolute Gasteiger partial charge is 0.465 e. The molecule has 0 saturated carbocycles. The molecule has 0 bridgehead atoms. The number of hydrogen-bond donors (Lipinski definition) is 0. The molecule has 0 aromatic rings. The average molecular weight is 256 g/mol. The Kier molecular flexibility index (Phi) is 7.32. The maximum absolute atomic E-state index is 12.1. The molecule has 0 amide bonds. The quantitative estimate of drug-likeness (QED) is 0.380. The standard InChI is InChI=1S/C14H24O4/c1-6-10-11(5)14(7-2,12(15)17-8-3)13(16)18-9-4/h7,11H,2,6,8-10H2,1,3-5H3. The number of carbonyl (C=O) groups is 2. The molecule has 104 valence electrons. The summed E-state index contributed by atoms with van der Waals surface area (Å²) in [5, 5.41) is 0. The highest BCUT2D eigenvalue weighted by Gasteiger charge is 2.50. The lowest BCUT2D eigenvalue weighted by atomic mass is 9.74. The van der Waals surface area contributed by atoms with Crippen LogP contribution in [0.3, 0.4) is 0 Å². The number of carbonyl (C=O) groups excluding carboxylic acids is 2. The third kappa shape index (κ3) is 3.34. The van der Waals surface area contributed by atoms with Crippen molar-refractivity contribution < 1.29 is 19.1 Å². The molecule has 4 nitrogen and oxygen atoms in total. The molecule has 0 N–H and O–H groups in total. The molecule has 0 aliphatic carbocycles. The summed E-state index contributed by atoms with van der Waals surface area (Å²) in [6.07, 6.45) is 2.96. The fraction of sp³-hybridized carbons (Fsp3) is 0.714. The molecule has 0 heterocycles. The zero-order valence-corrected chi connectivity index (χ0v) is 11.8. The molecule has 1 atom stereocenters. The second-order valence-electron chi connectivity index (χ2n) is 4.20. The SMILES string of the molecule is C=CC(C(=O)OCC)(C(=O)OCC)C(C)CCC. The minimum Gasteiger partial charge on any atom is -0.465 e. The van der Waals surface area contributed by atoms with E-state index in [1.807, 2.05) is 13.8 Å². The van der Waals surface area contributed by atoms with Crippen LogP contribution in [0.5, 0.6) is 0 Å². The highest BCUT2D eigenvalue weighted by molar-refractivity contribution is 6.02. The van der Waals surface area contributed by atoms with Crippen molar-refractivity contribution >= 4 is 11.9 Å². The van der Waals surface area contributed by atoms with E-state index in [9.17, 15) is 9.59 Å². The van der Waals surface area contributed by atoms with Gasteiger partial charge in [0.15, 0.2) is 5.41 Å². The molecular formula is C14H24O4. The molecular weight excluding hydrogens is 232 g/mol. The minimum atomic E-state index is -1.39. The molecule has 0 aromatic carbocycles. The lowest BCUT2D eigenvalue weighted by Crippen LogP contribution is -2.45. The number of hydrogen-bond acceptors (Lipinski definition) is 4. The molecule has 0 rings (SSSR count). The van der Waals surface area contributed by atoms with Gasteiger partial charge in [0, 0.05) is 0 Å². The van der Waals surface area contributed by atoms with Gasteiger partial charge in [-0.3, -0.25) is 9.59 Å². The zero-order valence-electron chi connectivity index (χ0n) is 11.8. The molecule has 0 saturated heterocycles. The Bertz CT molecular complexity index is 278. The van der Waals surface area contributed by atoms with E-state index >= 15 is 0 Å². The first-order valence-corrected chi connectivity index (χ1v) is 6.49. The van der Waals surface area contributed by atoms with Crippen molar-refractivity contribution in [2.45, 2.75) is 40.5 Å². The molecule has 0 aromatic heterocycles. The number of ether oxygens (including phenoxy) is 2. The van der Waals surface area contributed by atoms with Crippen LogP contribution in [0.2, 0.25) is 0 Å². The van der Waals surface area contributed by atoms with Gasteiger partial charge in [-0.1, -0.05) is 26.3 Å². The zero-order chi connectivity index (χ0) is 14.2. The fourth-order valence-electron chi connectivity index (χ4n) is 2.02. The molecule has 0 aliphatic rings. The fourth-order valence-corrected chi connectivity index (χ4v) is 2.02. The summed E-state index contributed by atoms with van der Waals surface area (Å²) in [6, 6.07) is 0. The first-order chi connectivity index (χ1) is 8.50. The Morgan fingerprint density at radius 1 is 1.17 bits per heavy atom. The van der Waals surface area contributed by atoms with Crippen molar-refractivity contribution in [3.63, 3.8) is 0 Å². The van der Waals surface area contributed by atoms with Crippen molar-refractivity contribution in [3.8, 4) is 0 Å². The summed E-state index contributed by atoms with van der Waals surface area (Å²) in [6.45, 7) is 11.4. The Morgan fingerprint density at radius 3 is 1.89 bits per heavy atom. The molecule has 4 heteroatoms. The van der Waals surface area contributed by atoms with E-state index < -0.39 is 17.4 Å². The second kappa shape index (κ2) is 7.90. The van der Waals surface area contributed by atoms with Gasteiger partial charge in [0.1, 0.15) is 0 Å². The average Bonchev–Trinajstić information content (AvgIpc) is 2.31. The number of rotatable bonds is 8. The lowest BCUT2D eigenvalue weighted by Gasteiger charge is -2.31. The molecule has 0 radical (unpaired) electrons. The van der Waals surface area contributed by atoms with E-state index in [0.717, 1.165) is 12.8 Å². The predicted octanol–water partition coefficient (Wildman–Crippen LogP) is 2.72. The van der Waals surface area contributed by atoms with Crippen LogP contribution in [0.4, 0.5) is 0 Å². The molecule has 0 fully saturated rings. The highest BCUT2D eigenvalue weighted by atomic mass is 16.6. The normalized spacial score (nSPS) is 12.7. The third-order valence-electron chi connectivity index (χ3n) is 3.05. The smallest absolute Gasteiger partial charge is 0.327 e. The highest BCUT2D eigenvalue weighted by Crippen LogP contribution is 2.35. The van der Waals surface area contributed by atoms with E-state index in [0.29, 0.717) is 0 Å². The van der Waals surface area contributed by atoms with Crippen LogP contribution >= 0.6 is 0 Å². The Labute approximate surface area is 109 Å². The van der Waals surface area contributed by atoms with Gasteiger partial charge in [-0.05, 0) is 26.2 Å². The molecule has 1 unspecified atom stereocenters. The van der Waals surface area contributed by atoms with E-state index in [1.165, 1.54) is 6.08 Å². The Balaban J connectivity index is 5.38. The summed E-state index contributed by atoms with van der Waals surface area (Å²) in [5.41, 5.74) is -1.39. The van der Waals surface area contributed by atoms with Crippen molar-refractivity contribution in [3.05, 3.63) is 12.7 Å². The maximum Gasteiger partial charge on any atom is 0.327 e. The minimum absolute atomic E-state index is 0.196. The summed E-state index contributed by atoms with van der Waals surface area (Å²) >= 11 is 0. The second-order valence-corrected chi connectivity index (χ2v) is 4.20. The summed E-state index contributed by atoms with van der Waals surface area (Å²) in [4.78, 5) is 24.3. The summed E-state index contributed by atoms with van der Waals surface area (Å²) in [5.74, 6) is -1.34. The van der Waals surface area contributed by atoms with E-state index in [2.05, 4.69) is 6.58 Å². The predicted molar refractivity (Wildman–Crippen MR) is 70.0 cm³/mol. The van der Waals surface area contributed by atoms with Gasteiger partial charge in [-0.2, -0.15) is 0 Å². The van der Waals surface area contributed by atoms with Crippen LogP contribution in [0, 0.1) is 11.3 Å². The van der Waals surface area contributed by atoms with Crippen molar-refractivity contribution in [2.75, 3.05) is 13.2 Å². The molecule has 18 heavy (non-hydrogen) atoms. The Hall–Kier alpha value is -1.32. The van der Waals surface area contributed by atoms with Crippen molar-refractivity contribution in [2.24, 2.45) is 11.3 Å². The van der Waals surface area contributed by atoms with Gasteiger partial charge in [-0.25, -0.2) is 0 Å². The van der Waals surface area contributed by atoms with Gasteiger partial charge in [0.2, 0.25) is 0 Å². The van der Waals surface area contributed by atoms with E-state index in [4.69, 9.17) is 9.47 Å². The Morgan fingerprint density at radius 2 is 1.61 bits per heavy atom. The van der Waals surface area contributed by atoms with E-state index in [1.54, 1.807) is 13.8 Å². The van der Waals surface area contributed by atoms with Gasteiger partial charge >= 0.3 is 11.9 Å². The van der Waals surface area contributed by atoms with Crippen LogP contribution in [0.1, 0.15) is 40.5 Å². The van der Waals surface area contributed by atoms with Crippen LogP contribution in [0.15, 0.2) is 12.7 Å². The van der Waals surface area contributed by atoms with Gasteiger partial charge < -0.3 is 9.47 Å². The monoisotopic (exact) mass is 256 g/mol. The summed E-state index contributed by atoms with van der Waals surface area (Å²) < 4.78 is 10.0. The molecule has 0 spiro atoms. The van der Waals surface area contributed by atoms with Crippen LogP contribution in [-0.4, -0.2) is 25.2 Å². The van der Waals surface area contributed by atoms with Crippen molar-refractivity contribution in [1.82, 2.24) is 0 Å². The van der Waals surface area contributed by atoms with Crippen LogP contribution in [0.25, 0.3) is 0 Å². The van der Waals surface area contributed by atoms with E-state index in [-0.39, 0.29) is 19.1 Å². The molecule has 0 aliphatic heterocycles. The summed E-state index contributed by atoms with van der Waals surface area (Å²) in [7, 11) is 0. The lowest BCUT2D eigenvalue weighted by molar-refractivity contribution is -0.171. The van der Waals surface area contributed by atoms with Gasteiger partial charge in [0.25, 0.3) is 0 Å². The third-order valence-corrected chi connectivity index (χ3v) is 3.05. The van der Waals surface area contributed by atoms with Gasteiger partial charge in [0.05, 0.1) is 13.2 Å². The van der Waals surface area contributed by atoms with Crippen LogP contribution in [-0.2, 0) is 19.1 Å². The topological polar surface area (TPSA) is 52.6 Å².